The first-order valence-electron chi connectivity index (χ1n) is 5.85. The highest BCUT2D eigenvalue weighted by molar-refractivity contribution is 5.76. The maximum Gasteiger partial charge on any atom is 0.311 e. The van der Waals surface area contributed by atoms with Crippen molar-refractivity contribution in [3.8, 4) is 5.75 Å². The van der Waals surface area contributed by atoms with Gasteiger partial charge in [0, 0.05) is 6.42 Å². The molecule has 92 valence electrons. The minimum atomic E-state index is -0.765. The Kier molecular flexibility index (Phi) is 3.64. The summed E-state index contributed by atoms with van der Waals surface area (Å²) in [5.74, 6) is -0.307. The molecule has 0 bridgehead atoms. The maximum atomic E-state index is 11.2. The summed E-state index contributed by atoms with van der Waals surface area (Å²) in [5, 5.41) is 12.2. The van der Waals surface area contributed by atoms with E-state index in [9.17, 15) is 9.90 Å². The summed E-state index contributed by atoms with van der Waals surface area (Å²) in [4.78, 5) is 11.2. The summed E-state index contributed by atoms with van der Waals surface area (Å²) < 4.78 is 5.42. The van der Waals surface area contributed by atoms with Crippen molar-refractivity contribution in [2.45, 2.75) is 18.8 Å². The first-order valence-corrected chi connectivity index (χ1v) is 5.85. The Morgan fingerprint density at radius 2 is 2.41 bits per heavy atom. The van der Waals surface area contributed by atoms with Crippen LogP contribution in [-0.4, -0.2) is 31.3 Å². The molecule has 0 amide bonds. The minimum absolute atomic E-state index is 0.437. The summed E-state index contributed by atoms with van der Waals surface area (Å²) in [6.07, 6.45) is 1.48. The number of benzene rings is 1. The second-order valence-corrected chi connectivity index (χ2v) is 4.25. The zero-order valence-corrected chi connectivity index (χ0v) is 9.90. The fourth-order valence-corrected chi connectivity index (χ4v) is 2.14. The Morgan fingerprint density at radius 1 is 1.59 bits per heavy atom. The van der Waals surface area contributed by atoms with Gasteiger partial charge in [0.25, 0.3) is 0 Å². The predicted molar refractivity (Wildman–Crippen MR) is 64.6 cm³/mol. The normalized spacial score (nSPS) is 15.1. The Labute approximate surface area is 101 Å². The van der Waals surface area contributed by atoms with Crippen molar-refractivity contribution in [2.75, 3.05) is 20.2 Å². The predicted octanol–water partition coefficient (Wildman–Crippen LogP) is 1.40. The minimum Gasteiger partial charge on any atom is -0.493 e. The third-order valence-electron chi connectivity index (χ3n) is 3.10. The van der Waals surface area contributed by atoms with E-state index in [1.807, 2.05) is 25.2 Å². The van der Waals surface area contributed by atoms with E-state index in [4.69, 9.17) is 4.74 Å². The van der Waals surface area contributed by atoms with Gasteiger partial charge in [-0.15, -0.1) is 0 Å². The average Bonchev–Trinajstić information content (AvgIpc) is 2.76. The molecule has 17 heavy (non-hydrogen) atoms. The van der Waals surface area contributed by atoms with Gasteiger partial charge >= 0.3 is 5.97 Å². The third-order valence-corrected chi connectivity index (χ3v) is 3.10. The summed E-state index contributed by atoms with van der Waals surface area (Å²) in [6, 6.07) is 5.71. The maximum absolute atomic E-state index is 11.2. The van der Waals surface area contributed by atoms with Gasteiger partial charge in [-0.3, -0.25) is 4.79 Å². The smallest absolute Gasteiger partial charge is 0.311 e. The van der Waals surface area contributed by atoms with Crippen LogP contribution in [0.15, 0.2) is 18.2 Å². The first-order chi connectivity index (χ1) is 8.22. The van der Waals surface area contributed by atoms with Gasteiger partial charge in [0.05, 0.1) is 12.5 Å². The van der Waals surface area contributed by atoms with Gasteiger partial charge in [0.15, 0.2) is 0 Å². The lowest BCUT2D eigenvalue weighted by molar-refractivity contribution is -0.138. The lowest BCUT2D eigenvalue weighted by Gasteiger charge is -2.13. The number of hydrogen-bond donors (Lipinski definition) is 2. The van der Waals surface area contributed by atoms with Crippen LogP contribution in [0, 0.1) is 0 Å². The molecule has 0 aliphatic carbocycles. The quantitative estimate of drug-likeness (QED) is 0.810. The molecule has 0 spiro atoms. The number of carboxylic acids is 1. The number of hydrogen-bond acceptors (Lipinski definition) is 3. The second kappa shape index (κ2) is 5.19. The van der Waals surface area contributed by atoms with E-state index in [-0.39, 0.29) is 0 Å². The molecular formula is C13H17NO3. The number of fused-ring (bicyclic) bond motifs is 1. The van der Waals surface area contributed by atoms with E-state index < -0.39 is 11.9 Å². The average molecular weight is 235 g/mol. The lowest BCUT2D eigenvalue weighted by Crippen LogP contribution is -2.18. The number of carbonyl (C=O) groups is 1. The van der Waals surface area contributed by atoms with Gasteiger partial charge in [-0.2, -0.15) is 0 Å². The zero-order valence-electron chi connectivity index (χ0n) is 9.90. The topological polar surface area (TPSA) is 58.6 Å². The van der Waals surface area contributed by atoms with Crippen LogP contribution < -0.4 is 10.1 Å². The summed E-state index contributed by atoms with van der Waals surface area (Å²) in [5.41, 5.74) is 2.00. The molecule has 1 aromatic carbocycles. The Morgan fingerprint density at radius 3 is 3.12 bits per heavy atom. The van der Waals surface area contributed by atoms with Gasteiger partial charge in [0.2, 0.25) is 0 Å². The molecule has 2 N–H and O–H groups in total. The molecule has 1 unspecified atom stereocenters. The van der Waals surface area contributed by atoms with E-state index in [1.165, 1.54) is 0 Å². The van der Waals surface area contributed by atoms with Crippen LogP contribution in [0.5, 0.6) is 5.75 Å². The fraction of sp³-hybridized carbons (Fsp3) is 0.462. The highest BCUT2D eigenvalue weighted by Crippen LogP contribution is 2.30. The van der Waals surface area contributed by atoms with Crippen molar-refractivity contribution in [3.05, 3.63) is 29.3 Å². The van der Waals surface area contributed by atoms with Crippen LogP contribution in [0.25, 0.3) is 0 Å². The van der Waals surface area contributed by atoms with E-state index in [2.05, 4.69) is 5.32 Å². The largest absolute Gasteiger partial charge is 0.493 e. The molecule has 0 radical (unpaired) electrons. The number of nitrogens with one attached hydrogen (secondary N) is 1. The summed E-state index contributed by atoms with van der Waals surface area (Å²) >= 11 is 0. The Bertz CT molecular complexity index is 417. The van der Waals surface area contributed by atoms with Gasteiger partial charge in [-0.1, -0.05) is 12.1 Å². The van der Waals surface area contributed by atoms with Crippen LogP contribution in [0.3, 0.4) is 0 Å². The molecule has 1 aliphatic heterocycles. The Hall–Kier alpha value is -1.55. The molecular weight excluding hydrogens is 218 g/mol. The molecule has 0 saturated heterocycles. The molecule has 0 saturated carbocycles. The number of ether oxygens (including phenoxy) is 1. The number of carboxylic acid groups (broad SMARTS) is 1. The van der Waals surface area contributed by atoms with Crippen molar-refractivity contribution in [1.82, 2.24) is 5.32 Å². The van der Waals surface area contributed by atoms with Gasteiger partial charge in [0.1, 0.15) is 5.75 Å². The summed E-state index contributed by atoms with van der Waals surface area (Å²) in [6.45, 7) is 1.40. The van der Waals surface area contributed by atoms with Crippen LogP contribution in [0.4, 0.5) is 0 Å². The van der Waals surface area contributed by atoms with E-state index in [0.717, 1.165) is 23.3 Å². The zero-order chi connectivity index (χ0) is 12.3. The lowest BCUT2D eigenvalue weighted by atomic mass is 9.94. The molecule has 1 atom stereocenters. The molecule has 1 aliphatic rings. The van der Waals surface area contributed by atoms with Crippen molar-refractivity contribution in [2.24, 2.45) is 0 Å². The SMILES string of the molecule is CNCCC(C(=O)O)c1ccc2c(c1)CCO2. The molecule has 1 heterocycles. The van der Waals surface area contributed by atoms with Gasteiger partial charge in [-0.05, 0) is 37.2 Å². The molecule has 0 aromatic heterocycles. The Balaban J connectivity index is 2.20. The molecule has 0 fully saturated rings. The van der Waals surface area contributed by atoms with Crippen molar-refractivity contribution in [1.29, 1.82) is 0 Å². The number of aliphatic carboxylic acids is 1. The second-order valence-electron chi connectivity index (χ2n) is 4.25. The van der Waals surface area contributed by atoms with Crippen LogP contribution in [0.1, 0.15) is 23.5 Å². The molecule has 4 nitrogen and oxygen atoms in total. The van der Waals surface area contributed by atoms with Crippen molar-refractivity contribution in [3.63, 3.8) is 0 Å². The first kappa shape index (κ1) is 11.9. The van der Waals surface area contributed by atoms with Crippen molar-refractivity contribution < 1.29 is 14.6 Å². The van der Waals surface area contributed by atoms with Crippen molar-refractivity contribution >= 4 is 5.97 Å². The fourth-order valence-electron chi connectivity index (χ4n) is 2.14. The summed E-state index contributed by atoms with van der Waals surface area (Å²) in [7, 11) is 1.83. The molecule has 2 rings (SSSR count). The standard InChI is InChI=1S/C13H17NO3/c1-14-6-4-11(13(15)16)9-2-3-12-10(8-9)5-7-17-12/h2-3,8,11,14H,4-7H2,1H3,(H,15,16). The highest BCUT2D eigenvalue weighted by Gasteiger charge is 2.21. The van der Waals surface area contributed by atoms with Crippen LogP contribution in [0.2, 0.25) is 0 Å². The number of rotatable bonds is 5. The molecule has 1 aromatic rings. The monoisotopic (exact) mass is 235 g/mol. The molecule has 4 heteroatoms. The van der Waals surface area contributed by atoms with E-state index in [1.54, 1.807) is 0 Å². The third kappa shape index (κ3) is 2.58. The van der Waals surface area contributed by atoms with E-state index >= 15 is 0 Å². The van der Waals surface area contributed by atoms with Crippen LogP contribution >= 0.6 is 0 Å². The highest BCUT2D eigenvalue weighted by atomic mass is 16.5. The van der Waals surface area contributed by atoms with Crippen LogP contribution in [-0.2, 0) is 11.2 Å². The van der Waals surface area contributed by atoms with Gasteiger partial charge in [-0.25, -0.2) is 0 Å². The van der Waals surface area contributed by atoms with Gasteiger partial charge < -0.3 is 15.2 Å². The van der Waals surface area contributed by atoms with E-state index in [0.29, 0.717) is 19.6 Å².